The van der Waals surface area contributed by atoms with Crippen molar-refractivity contribution in [1.29, 1.82) is 0 Å². The molecule has 2 rings (SSSR count). The molecular weight excluding hydrogens is 218 g/mol. The van der Waals surface area contributed by atoms with Crippen LogP contribution in [0.25, 0.3) is 0 Å². The molecule has 0 saturated heterocycles. The SMILES string of the molecule is CCCOCC(N)C1COc2ccccc2O1. The Morgan fingerprint density at radius 1 is 1.41 bits per heavy atom. The van der Waals surface area contributed by atoms with Gasteiger partial charge >= 0.3 is 0 Å². The maximum absolute atomic E-state index is 6.02. The molecule has 0 fully saturated rings. The summed E-state index contributed by atoms with van der Waals surface area (Å²) in [5, 5.41) is 0. The van der Waals surface area contributed by atoms with Crippen LogP contribution < -0.4 is 15.2 Å². The Bertz CT molecular complexity index is 356. The van der Waals surface area contributed by atoms with Crippen molar-refractivity contribution in [3.05, 3.63) is 24.3 Å². The number of hydrogen-bond acceptors (Lipinski definition) is 4. The van der Waals surface area contributed by atoms with Gasteiger partial charge in [-0.05, 0) is 18.6 Å². The highest BCUT2D eigenvalue weighted by Gasteiger charge is 2.26. The molecule has 1 aromatic rings. The third kappa shape index (κ3) is 3.11. The summed E-state index contributed by atoms with van der Waals surface area (Å²) in [5.41, 5.74) is 6.02. The third-order valence-electron chi connectivity index (χ3n) is 2.67. The molecule has 4 nitrogen and oxygen atoms in total. The molecule has 1 heterocycles. The Hall–Kier alpha value is -1.26. The van der Waals surface area contributed by atoms with Gasteiger partial charge in [0.1, 0.15) is 12.7 Å². The summed E-state index contributed by atoms with van der Waals surface area (Å²) in [6.07, 6.45) is 0.860. The molecule has 0 aromatic heterocycles. The Morgan fingerprint density at radius 3 is 2.94 bits per heavy atom. The first-order valence-electron chi connectivity index (χ1n) is 6.03. The molecule has 0 spiro atoms. The molecule has 1 aliphatic rings. The fourth-order valence-corrected chi connectivity index (χ4v) is 1.72. The van der Waals surface area contributed by atoms with Gasteiger partial charge in [-0.3, -0.25) is 0 Å². The monoisotopic (exact) mass is 237 g/mol. The highest BCUT2D eigenvalue weighted by atomic mass is 16.6. The lowest BCUT2D eigenvalue weighted by molar-refractivity contribution is 0.0326. The fraction of sp³-hybridized carbons (Fsp3) is 0.538. The molecule has 2 N–H and O–H groups in total. The summed E-state index contributed by atoms with van der Waals surface area (Å²) >= 11 is 0. The van der Waals surface area contributed by atoms with Crippen molar-refractivity contribution in [2.24, 2.45) is 5.73 Å². The number of rotatable bonds is 5. The zero-order chi connectivity index (χ0) is 12.1. The Balaban J connectivity index is 1.88. The second-order valence-electron chi connectivity index (χ2n) is 4.15. The first-order valence-corrected chi connectivity index (χ1v) is 6.03. The summed E-state index contributed by atoms with van der Waals surface area (Å²) in [6, 6.07) is 7.47. The smallest absolute Gasteiger partial charge is 0.161 e. The maximum atomic E-state index is 6.02. The molecule has 94 valence electrons. The van der Waals surface area contributed by atoms with Gasteiger partial charge in [-0.15, -0.1) is 0 Å². The Morgan fingerprint density at radius 2 is 2.18 bits per heavy atom. The van der Waals surface area contributed by atoms with Crippen LogP contribution in [0, 0.1) is 0 Å². The number of hydrogen-bond donors (Lipinski definition) is 1. The average Bonchev–Trinajstić information content (AvgIpc) is 2.38. The summed E-state index contributed by atoms with van der Waals surface area (Å²) in [4.78, 5) is 0. The number of ether oxygens (including phenoxy) is 3. The molecule has 0 aliphatic carbocycles. The van der Waals surface area contributed by atoms with Crippen LogP contribution in [0.1, 0.15) is 13.3 Å². The van der Waals surface area contributed by atoms with Crippen molar-refractivity contribution < 1.29 is 14.2 Å². The number of benzene rings is 1. The predicted molar refractivity (Wildman–Crippen MR) is 65.4 cm³/mol. The summed E-state index contributed by atoms with van der Waals surface area (Å²) in [7, 11) is 0. The molecule has 2 atom stereocenters. The summed E-state index contributed by atoms with van der Waals surface area (Å²) in [6.45, 7) is 3.79. The summed E-state index contributed by atoms with van der Waals surface area (Å²) in [5.74, 6) is 1.54. The van der Waals surface area contributed by atoms with E-state index in [1.807, 2.05) is 24.3 Å². The Kier molecular flexibility index (Phi) is 4.23. The molecule has 0 radical (unpaired) electrons. The molecule has 0 saturated carbocycles. The van der Waals surface area contributed by atoms with Crippen molar-refractivity contribution in [2.45, 2.75) is 25.5 Å². The van der Waals surface area contributed by atoms with Crippen molar-refractivity contribution in [3.8, 4) is 11.5 Å². The van der Waals surface area contributed by atoms with E-state index in [0.717, 1.165) is 24.5 Å². The van der Waals surface area contributed by atoms with Crippen molar-refractivity contribution in [2.75, 3.05) is 19.8 Å². The predicted octanol–water partition coefficient (Wildman–Crippen LogP) is 1.58. The van der Waals surface area contributed by atoms with Crippen LogP contribution in [0.3, 0.4) is 0 Å². The van der Waals surface area contributed by atoms with Gasteiger partial charge in [0.05, 0.1) is 12.6 Å². The van der Waals surface area contributed by atoms with Gasteiger partial charge in [-0.2, -0.15) is 0 Å². The van der Waals surface area contributed by atoms with Gasteiger partial charge in [0, 0.05) is 6.61 Å². The van der Waals surface area contributed by atoms with E-state index >= 15 is 0 Å². The van der Waals surface area contributed by atoms with Crippen LogP contribution in [-0.4, -0.2) is 32.0 Å². The normalized spacial score (nSPS) is 20.0. The topological polar surface area (TPSA) is 53.7 Å². The molecular formula is C13H19NO3. The number of fused-ring (bicyclic) bond motifs is 1. The van der Waals surface area contributed by atoms with E-state index < -0.39 is 0 Å². The van der Waals surface area contributed by atoms with E-state index in [1.54, 1.807) is 0 Å². The van der Waals surface area contributed by atoms with Gasteiger partial charge in [0.2, 0.25) is 0 Å². The standard InChI is InChI=1S/C13H19NO3/c1-2-7-15-8-10(14)13-9-16-11-5-3-4-6-12(11)17-13/h3-6,10,13H,2,7-9,14H2,1H3. The quantitative estimate of drug-likeness (QED) is 0.790. The molecule has 2 unspecified atom stereocenters. The van der Waals surface area contributed by atoms with Gasteiger partial charge in [-0.25, -0.2) is 0 Å². The van der Waals surface area contributed by atoms with Crippen LogP contribution in [0.2, 0.25) is 0 Å². The zero-order valence-electron chi connectivity index (χ0n) is 10.1. The minimum absolute atomic E-state index is 0.137. The molecule has 17 heavy (non-hydrogen) atoms. The molecule has 4 heteroatoms. The van der Waals surface area contributed by atoms with Gasteiger partial charge < -0.3 is 19.9 Å². The van der Waals surface area contributed by atoms with E-state index in [4.69, 9.17) is 19.9 Å². The van der Waals surface area contributed by atoms with Crippen LogP contribution in [0.5, 0.6) is 11.5 Å². The molecule has 1 aliphatic heterocycles. The zero-order valence-corrected chi connectivity index (χ0v) is 10.1. The van der Waals surface area contributed by atoms with Gasteiger partial charge in [0.25, 0.3) is 0 Å². The maximum Gasteiger partial charge on any atom is 0.161 e. The second kappa shape index (κ2) is 5.89. The third-order valence-corrected chi connectivity index (χ3v) is 2.67. The van der Waals surface area contributed by atoms with Crippen LogP contribution in [-0.2, 0) is 4.74 Å². The molecule has 0 amide bonds. The van der Waals surface area contributed by atoms with E-state index in [9.17, 15) is 0 Å². The Labute approximate surface area is 102 Å². The number of para-hydroxylation sites is 2. The minimum atomic E-state index is -0.157. The lowest BCUT2D eigenvalue weighted by atomic mass is 10.1. The van der Waals surface area contributed by atoms with Gasteiger partial charge in [0.15, 0.2) is 11.5 Å². The van der Waals surface area contributed by atoms with Crippen molar-refractivity contribution >= 4 is 0 Å². The number of nitrogens with two attached hydrogens (primary N) is 1. The lowest BCUT2D eigenvalue weighted by Gasteiger charge is -2.30. The highest BCUT2D eigenvalue weighted by molar-refractivity contribution is 5.40. The lowest BCUT2D eigenvalue weighted by Crippen LogP contribution is -2.47. The fourth-order valence-electron chi connectivity index (χ4n) is 1.72. The van der Waals surface area contributed by atoms with E-state index in [0.29, 0.717) is 13.2 Å². The average molecular weight is 237 g/mol. The second-order valence-corrected chi connectivity index (χ2v) is 4.15. The first-order chi connectivity index (χ1) is 8.31. The molecule has 0 bridgehead atoms. The van der Waals surface area contributed by atoms with E-state index in [-0.39, 0.29) is 12.1 Å². The van der Waals surface area contributed by atoms with Crippen LogP contribution >= 0.6 is 0 Å². The first kappa shape index (κ1) is 12.2. The van der Waals surface area contributed by atoms with E-state index in [2.05, 4.69) is 6.92 Å². The van der Waals surface area contributed by atoms with Crippen molar-refractivity contribution in [3.63, 3.8) is 0 Å². The minimum Gasteiger partial charge on any atom is -0.486 e. The van der Waals surface area contributed by atoms with Crippen molar-refractivity contribution in [1.82, 2.24) is 0 Å². The summed E-state index contributed by atoms with van der Waals surface area (Å²) < 4.78 is 16.8. The van der Waals surface area contributed by atoms with Crippen LogP contribution in [0.4, 0.5) is 0 Å². The largest absolute Gasteiger partial charge is 0.486 e. The van der Waals surface area contributed by atoms with Gasteiger partial charge in [-0.1, -0.05) is 19.1 Å². The molecule has 1 aromatic carbocycles. The van der Waals surface area contributed by atoms with E-state index in [1.165, 1.54) is 0 Å². The highest BCUT2D eigenvalue weighted by Crippen LogP contribution is 2.31. The van der Waals surface area contributed by atoms with Crippen LogP contribution in [0.15, 0.2) is 24.3 Å².